The van der Waals surface area contributed by atoms with Gasteiger partial charge in [-0.05, 0) is 42.8 Å². The molecule has 0 bridgehead atoms. The van der Waals surface area contributed by atoms with E-state index in [1.54, 1.807) is 6.92 Å². The van der Waals surface area contributed by atoms with Crippen molar-refractivity contribution < 1.29 is 18.7 Å². The van der Waals surface area contributed by atoms with Gasteiger partial charge in [-0.3, -0.25) is 9.78 Å². The van der Waals surface area contributed by atoms with Gasteiger partial charge in [-0.15, -0.1) is 0 Å². The monoisotopic (exact) mass is 288 g/mol. The van der Waals surface area contributed by atoms with E-state index in [4.69, 9.17) is 0 Å². The molecular formula is C15H13FN2O3. The van der Waals surface area contributed by atoms with Gasteiger partial charge in [-0.1, -0.05) is 0 Å². The van der Waals surface area contributed by atoms with Crippen LogP contribution < -0.4 is 5.32 Å². The standard InChI is InChI=1S/C15H13FN2O3/c1-9-7-11(16)4-6-12(9)18-14(19)13-5-3-10(8-17-13)15(20)21-2/h3-8H,1-2H3,(H,18,19). The fourth-order valence-corrected chi connectivity index (χ4v) is 1.72. The van der Waals surface area contributed by atoms with Crippen LogP contribution in [0.25, 0.3) is 0 Å². The first-order valence-electron chi connectivity index (χ1n) is 6.13. The molecule has 0 aliphatic heterocycles. The van der Waals surface area contributed by atoms with Crippen LogP contribution in [0.15, 0.2) is 36.5 Å². The number of halogens is 1. The molecule has 0 fully saturated rings. The highest BCUT2D eigenvalue weighted by molar-refractivity contribution is 6.03. The molecule has 108 valence electrons. The molecule has 1 heterocycles. The smallest absolute Gasteiger partial charge is 0.339 e. The fourth-order valence-electron chi connectivity index (χ4n) is 1.72. The Kier molecular flexibility index (Phi) is 4.27. The zero-order chi connectivity index (χ0) is 15.4. The fraction of sp³-hybridized carbons (Fsp3) is 0.133. The van der Waals surface area contributed by atoms with Gasteiger partial charge in [0.25, 0.3) is 5.91 Å². The van der Waals surface area contributed by atoms with Crippen molar-refractivity contribution in [1.29, 1.82) is 0 Å². The van der Waals surface area contributed by atoms with E-state index in [1.165, 1.54) is 43.6 Å². The highest BCUT2D eigenvalue weighted by atomic mass is 19.1. The van der Waals surface area contributed by atoms with Crippen LogP contribution in [-0.4, -0.2) is 24.0 Å². The minimum absolute atomic E-state index is 0.145. The van der Waals surface area contributed by atoms with Crippen molar-refractivity contribution in [3.05, 3.63) is 59.2 Å². The lowest BCUT2D eigenvalue weighted by Gasteiger charge is -2.08. The minimum Gasteiger partial charge on any atom is -0.465 e. The highest BCUT2D eigenvalue weighted by Crippen LogP contribution is 2.16. The molecule has 0 radical (unpaired) electrons. The Labute approximate surface area is 120 Å². The molecule has 6 heteroatoms. The van der Waals surface area contributed by atoms with E-state index in [2.05, 4.69) is 15.0 Å². The molecule has 5 nitrogen and oxygen atoms in total. The summed E-state index contributed by atoms with van der Waals surface area (Å²) in [6.45, 7) is 1.69. The van der Waals surface area contributed by atoms with E-state index in [9.17, 15) is 14.0 Å². The molecule has 21 heavy (non-hydrogen) atoms. The molecule has 0 unspecified atom stereocenters. The number of pyridine rings is 1. The molecule has 0 spiro atoms. The maximum atomic E-state index is 13.0. The predicted octanol–water partition coefficient (Wildman–Crippen LogP) is 2.57. The number of aromatic nitrogens is 1. The summed E-state index contributed by atoms with van der Waals surface area (Å²) in [6, 6.07) is 6.93. The first-order chi connectivity index (χ1) is 10.0. The van der Waals surface area contributed by atoms with Crippen molar-refractivity contribution in [3.8, 4) is 0 Å². The molecule has 0 aliphatic rings. The molecule has 0 atom stereocenters. The maximum absolute atomic E-state index is 13.0. The van der Waals surface area contributed by atoms with Crippen LogP contribution >= 0.6 is 0 Å². The van der Waals surface area contributed by atoms with Gasteiger partial charge >= 0.3 is 5.97 Å². The zero-order valence-electron chi connectivity index (χ0n) is 11.5. The lowest BCUT2D eigenvalue weighted by molar-refractivity contribution is 0.0600. The number of methoxy groups -OCH3 is 1. The molecule has 1 aromatic carbocycles. The summed E-state index contributed by atoms with van der Waals surface area (Å²) >= 11 is 0. The van der Waals surface area contributed by atoms with Gasteiger partial charge in [-0.2, -0.15) is 0 Å². The Hall–Kier alpha value is -2.76. The number of benzene rings is 1. The second kappa shape index (κ2) is 6.13. The van der Waals surface area contributed by atoms with Crippen LogP contribution in [0.2, 0.25) is 0 Å². The predicted molar refractivity (Wildman–Crippen MR) is 74.7 cm³/mol. The molecule has 1 aromatic heterocycles. The van der Waals surface area contributed by atoms with Crippen molar-refractivity contribution in [1.82, 2.24) is 4.98 Å². The van der Waals surface area contributed by atoms with Crippen molar-refractivity contribution >= 4 is 17.6 Å². The third-order valence-electron chi connectivity index (χ3n) is 2.85. The Bertz CT molecular complexity index is 684. The lowest BCUT2D eigenvalue weighted by atomic mass is 10.2. The number of nitrogens with one attached hydrogen (secondary N) is 1. The van der Waals surface area contributed by atoms with Crippen LogP contribution in [0.5, 0.6) is 0 Å². The summed E-state index contributed by atoms with van der Waals surface area (Å²) < 4.78 is 17.5. The molecular weight excluding hydrogens is 275 g/mol. The summed E-state index contributed by atoms with van der Waals surface area (Å²) in [4.78, 5) is 27.2. The van der Waals surface area contributed by atoms with Crippen LogP contribution in [0.1, 0.15) is 26.4 Å². The number of hydrogen-bond acceptors (Lipinski definition) is 4. The number of anilines is 1. The second-order valence-electron chi connectivity index (χ2n) is 4.34. The van der Waals surface area contributed by atoms with Crippen LogP contribution in [0.4, 0.5) is 10.1 Å². The van der Waals surface area contributed by atoms with Gasteiger partial charge in [0.05, 0.1) is 12.7 Å². The number of hydrogen-bond donors (Lipinski definition) is 1. The number of carbonyl (C=O) groups is 2. The average Bonchev–Trinajstić information content (AvgIpc) is 2.49. The van der Waals surface area contributed by atoms with Gasteiger partial charge in [0.2, 0.25) is 0 Å². The van der Waals surface area contributed by atoms with Gasteiger partial charge in [0, 0.05) is 11.9 Å². The highest BCUT2D eigenvalue weighted by Gasteiger charge is 2.11. The molecule has 1 amide bonds. The van der Waals surface area contributed by atoms with E-state index in [0.717, 1.165) is 0 Å². The van der Waals surface area contributed by atoms with Crippen molar-refractivity contribution in [2.24, 2.45) is 0 Å². The van der Waals surface area contributed by atoms with Gasteiger partial charge in [-0.25, -0.2) is 9.18 Å². The van der Waals surface area contributed by atoms with Gasteiger partial charge < -0.3 is 10.1 Å². The molecule has 2 aromatic rings. The normalized spacial score (nSPS) is 10.0. The van der Waals surface area contributed by atoms with Crippen molar-refractivity contribution in [2.75, 3.05) is 12.4 Å². The van der Waals surface area contributed by atoms with E-state index in [1.807, 2.05) is 0 Å². The van der Waals surface area contributed by atoms with Crippen LogP contribution in [0.3, 0.4) is 0 Å². The molecule has 0 aliphatic carbocycles. The number of esters is 1. The number of ether oxygens (including phenoxy) is 1. The Balaban J connectivity index is 2.15. The summed E-state index contributed by atoms with van der Waals surface area (Å²) in [7, 11) is 1.26. The van der Waals surface area contributed by atoms with E-state index >= 15 is 0 Å². The van der Waals surface area contributed by atoms with Crippen molar-refractivity contribution in [2.45, 2.75) is 6.92 Å². The topological polar surface area (TPSA) is 68.3 Å². The first-order valence-corrected chi connectivity index (χ1v) is 6.13. The summed E-state index contributed by atoms with van der Waals surface area (Å²) in [5.74, 6) is -1.34. The third kappa shape index (κ3) is 3.42. The largest absolute Gasteiger partial charge is 0.465 e. The number of aryl methyl sites for hydroxylation is 1. The molecule has 0 saturated carbocycles. The van der Waals surface area contributed by atoms with Crippen molar-refractivity contribution in [3.63, 3.8) is 0 Å². The molecule has 0 saturated heterocycles. The molecule has 2 rings (SSSR count). The molecule has 1 N–H and O–H groups in total. The Morgan fingerprint density at radius 2 is 2.00 bits per heavy atom. The second-order valence-corrected chi connectivity index (χ2v) is 4.34. The zero-order valence-corrected chi connectivity index (χ0v) is 11.5. The maximum Gasteiger partial charge on any atom is 0.339 e. The van der Waals surface area contributed by atoms with Gasteiger partial charge in [0.15, 0.2) is 0 Å². The number of amides is 1. The summed E-state index contributed by atoms with van der Waals surface area (Å²) in [5.41, 5.74) is 1.51. The van der Waals surface area contributed by atoms with E-state index < -0.39 is 11.9 Å². The van der Waals surface area contributed by atoms with Crippen LogP contribution in [-0.2, 0) is 4.74 Å². The minimum atomic E-state index is -0.524. The lowest BCUT2D eigenvalue weighted by Crippen LogP contribution is -2.15. The SMILES string of the molecule is COC(=O)c1ccc(C(=O)Nc2ccc(F)cc2C)nc1. The average molecular weight is 288 g/mol. The van der Waals surface area contributed by atoms with E-state index in [0.29, 0.717) is 11.3 Å². The van der Waals surface area contributed by atoms with Crippen LogP contribution in [0, 0.1) is 12.7 Å². The van der Waals surface area contributed by atoms with E-state index in [-0.39, 0.29) is 17.1 Å². The Morgan fingerprint density at radius 1 is 1.24 bits per heavy atom. The third-order valence-corrected chi connectivity index (χ3v) is 2.85. The number of rotatable bonds is 3. The summed E-state index contributed by atoms with van der Waals surface area (Å²) in [6.07, 6.45) is 1.26. The van der Waals surface area contributed by atoms with Gasteiger partial charge in [0.1, 0.15) is 11.5 Å². The Morgan fingerprint density at radius 3 is 2.57 bits per heavy atom. The first kappa shape index (κ1) is 14.6. The number of carbonyl (C=O) groups excluding carboxylic acids is 2. The number of nitrogens with zero attached hydrogens (tertiary/aromatic N) is 1. The summed E-state index contributed by atoms with van der Waals surface area (Å²) in [5, 5.41) is 2.63. The quantitative estimate of drug-likeness (QED) is 0.881.